The van der Waals surface area contributed by atoms with Crippen molar-refractivity contribution in [1.82, 2.24) is 0 Å². The summed E-state index contributed by atoms with van der Waals surface area (Å²) in [4.78, 5) is 0. The van der Waals surface area contributed by atoms with E-state index in [0.717, 1.165) is 13.0 Å². The fraction of sp³-hybridized carbons (Fsp3) is 1.00. The lowest BCUT2D eigenvalue weighted by Crippen LogP contribution is -2.21. The monoisotopic (exact) mass is 176 g/mol. The molecule has 3 atom stereocenters. The normalized spacial score (nSPS) is 38.2. The van der Waals surface area contributed by atoms with Crippen LogP contribution in [-0.4, -0.2) is 32.7 Å². The third kappa shape index (κ3) is 1.79. The van der Waals surface area contributed by atoms with Crippen LogP contribution in [0.1, 0.15) is 21.3 Å². The zero-order chi connectivity index (χ0) is 6.97. The van der Waals surface area contributed by atoms with E-state index in [-0.39, 0.29) is 27.2 Å². The summed E-state index contributed by atoms with van der Waals surface area (Å²) in [5.74, 6) is 0.491. The molecule has 2 rings (SSSR count). The first-order valence-electron chi connectivity index (χ1n) is 3.68. The highest BCUT2D eigenvalue weighted by molar-refractivity contribution is 4.83. The molecule has 0 spiro atoms. The number of fused-ring (bicyclic) bond motifs is 1. The maximum absolute atomic E-state index is 5.33. The Morgan fingerprint density at radius 1 is 1.25 bits per heavy atom. The summed E-state index contributed by atoms with van der Waals surface area (Å²) < 4.78 is 15.9. The summed E-state index contributed by atoms with van der Waals surface area (Å²) in [5, 5.41) is 0. The van der Waals surface area contributed by atoms with Crippen molar-refractivity contribution in [3.05, 3.63) is 0 Å². The van der Waals surface area contributed by atoms with E-state index >= 15 is 0 Å². The summed E-state index contributed by atoms with van der Waals surface area (Å²) in [5.41, 5.74) is 0. The van der Waals surface area contributed by atoms with Gasteiger partial charge in [-0.25, -0.2) is 0 Å². The van der Waals surface area contributed by atoms with Gasteiger partial charge in [-0.3, -0.25) is 0 Å². The molecule has 0 aromatic carbocycles. The standard InChI is InChI=1S/C7H12O3.2CH4/c1-8-6-4-10-7-5(6)2-3-9-7;;/h5-7H,2-4H2,1H3;2*1H4/t5-,6-,7+;;/m0../s1. The third-order valence-corrected chi connectivity index (χ3v) is 2.29. The average molecular weight is 176 g/mol. The minimum Gasteiger partial charge on any atom is -0.379 e. The van der Waals surface area contributed by atoms with E-state index in [4.69, 9.17) is 14.2 Å². The lowest BCUT2D eigenvalue weighted by atomic mass is 10.0. The zero-order valence-corrected chi connectivity index (χ0v) is 6.08. The molecular formula is C9H20O3. The van der Waals surface area contributed by atoms with Crippen LogP contribution in [-0.2, 0) is 14.2 Å². The second-order valence-corrected chi connectivity index (χ2v) is 2.80. The maximum Gasteiger partial charge on any atom is 0.163 e. The molecule has 0 aliphatic carbocycles. The Hall–Kier alpha value is -0.120. The molecule has 0 radical (unpaired) electrons. The Labute approximate surface area is 75.0 Å². The van der Waals surface area contributed by atoms with Gasteiger partial charge in [0.25, 0.3) is 0 Å². The van der Waals surface area contributed by atoms with E-state index in [1.54, 1.807) is 7.11 Å². The molecule has 3 nitrogen and oxygen atoms in total. The summed E-state index contributed by atoms with van der Waals surface area (Å²) in [6, 6.07) is 0. The van der Waals surface area contributed by atoms with Gasteiger partial charge in [0.1, 0.15) is 0 Å². The van der Waals surface area contributed by atoms with E-state index in [9.17, 15) is 0 Å². The van der Waals surface area contributed by atoms with Crippen molar-refractivity contribution in [2.45, 2.75) is 33.7 Å². The topological polar surface area (TPSA) is 27.7 Å². The van der Waals surface area contributed by atoms with Crippen molar-refractivity contribution in [2.24, 2.45) is 5.92 Å². The number of rotatable bonds is 1. The molecule has 0 aromatic rings. The van der Waals surface area contributed by atoms with Gasteiger partial charge in [-0.1, -0.05) is 14.9 Å². The van der Waals surface area contributed by atoms with E-state index in [1.807, 2.05) is 0 Å². The number of hydrogen-bond acceptors (Lipinski definition) is 3. The van der Waals surface area contributed by atoms with E-state index in [2.05, 4.69) is 0 Å². The van der Waals surface area contributed by atoms with Crippen LogP contribution in [0.5, 0.6) is 0 Å². The van der Waals surface area contributed by atoms with Crippen molar-refractivity contribution in [2.75, 3.05) is 20.3 Å². The highest BCUT2D eigenvalue weighted by Gasteiger charge is 2.41. The fourth-order valence-corrected chi connectivity index (χ4v) is 1.67. The molecule has 2 fully saturated rings. The van der Waals surface area contributed by atoms with Gasteiger partial charge in [0, 0.05) is 13.0 Å². The first-order valence-corrected chi connectivity index (χ1v) is 3.68. The molecule has 0 amide bonds. The molecule has 3 heteroatoms. The van der Waals surface area contributed by atoms with Crippen molar-refractivity contribution >= 4 is 0 Å². The quantitative estimate of drug-likeness (QED) is 0.608. The zero-order valence-electron chi connectivity index (χ0n) is 6.08. The number of hydrogen-bond donors (Lipinski definition) is 0. The maximum atomic E-state index is 5.33. The molecule has 0 aromatic heterocycles. The molecule has 0 saturated carbocycles. The summed E-state index contributed by atoms with van der Waals surface area (Å²) >= 11 is 0. The van der Waals surface area contributed by atoms with Crippen LogP contribution in [0.25, 0.3) is 0 Å². The molecule has 2 aliphatic heterocycles. The van der Waals surface area contributed by atoms with Gasteiger partial charge < -0.3 is 14.2 Å². The highest BCUT2D eigenvalue weighted by Crippen LogP contribution is 2.32. The molecule has 74 valence electrons. The van der Waals surface area contributed by atoms with Crippen LogP contribution in [0.15, 0.2) is 0 Å². The average Bonchev–Trinajstić information content (AvgIpc) is 2.44. The summed E-state index contributed by atoms with van der Waals surface area (Å²) in [6.07, 6.45) is 1.39. The predicted octanol–water partition coefficient (Wildman–Crippen LogP) is 1.67. The summed E-state index contributed by atoms with van der Waals surface area (Å²) in [7, 11) is 1.73. The largest absolute Gasteiger partial charge is 0.379 e. The predicted molar refractivity (Wildman–Crippen MR) is 48.1 cm³/mol. The highest BCUT2D eigenvalue weighted by atomic mass is 16.7. The minimum absolute atomic E-state index is 0. The molecular weight excluding hydrogens is 156 g/mol. The van der Waals surface area contributed by atoms with Gasteiger partial charge in [0.2, 0.25) is 0 Å². The second kappa shape index (κ2) is 4.80. The van der Waals surface area contributed by atoms with E-state index in [0.29, 0.717) is 12.5 Å². The van der Waals surface area contributed by atoms with Gasteiger partial charge >= 0.3 is 0 Å². The van der Waals surface area contributed by atoms with Crippen molar-refractivity contribution in [3.8, 4) is 0 Å². The Kier molecular flexibility index (Phi) is 4.75. The lowest BCUT2D eigenvalue weighted by molar-refractivity contribution is -0.0907. The van der Waals surface area contributed by atoms with Gasteiger partial charge in [-0.05, 0) is 6.42 Å². The van der Waals surface area contributed by atoms with Crippen molar-refractivity contribution in [3.63, 3.8) is 0 Å². The van der Waals surface area contributed by atoms with Crippen LogP contribution in [0.2, 0.25) is 0 Å². The van der Waals surface area contributed by atoms with Crippen LogP contribution in [0.3, 0.4) is 0 Å². The van der Waals surface area contributed by atoms with Gasteiger partial charge in [-0.2, -0.15) is 0 Å². The van der Waals surface area contributed by atoms with Crippen LogP contribution < -0.4 is 0 Å². The molecule has 2 saturated heterocycles. The Bertz CT molecular complexity index is 127. The number of ether oxygens (including phenoxy) is 3. The summed E-state index contributed by atoms with van der Waals surface area (Å²) in [6.45, 7) is 1.53. The Morgan fingerprint density at radius 3 is 2.67 bits per heavy atom. The Morgan fingerprint density at radius 2 is 2.00 bits per heavy atom. The van der Waals surface area contributed by atoms with Gasteiger partial charge in [-0.15, -0.1) is 0 Å². The van der Waals surface area contributed by atoms with Crippen molar-refractivity contribution in [1.29, 1.82) is 0 Å². The van der Waals surface area contributed by atoms with Crippen LogP contribution in [0, 0.1) is 5.92 Å². The molecule has 12 heavy (non-hydrogen) atoms. The fourth-order valence-electron chi connectivity index (χ4n) is 1.67. The van der Waals surface area contributed by atoms with Crippen molar-refractivity contribution < 1.29 is 14.2 Å². The first-order chi connectivity index (χ1) is 4.92. The van der Waals surface area contributed by atoms with Gasteiger partial charge in [0.15, 0.2) is 6.29 Å². The molecule has 0 unspecified atom stereocenters. The van der Waals surface area contributed by atoms with Crippen LogP contribution >= 0.6 is 0 Å². The SMILES string of the molecule is C.C.CO[C@H]1CO[C@H]2OCC[C@H]21. The number of methoxy groups -OCH3 is 1. The Balaban J connectivity index is 0.000000605. The third-order valence-electron chi connectivity index (χ3n) is 2.29. The molecule has 0 bridgehead atoms. The minimum atomic E-state index is 0. The van der Waals surface area contributed by atoms with E-state index in [1.165, 1.54) is 0 Å². The van der Waals surface area contributed by atoms with E-state index < -0.39 is 0 Å². The second-order valence-electron chi connectivity index (χ2n) is 2.80. The van der Waals surface area contributed by atoms with Gasteiger partial charge in [0.05, 0.1) is 19.3 Å². The molecule has 2 heterocycles. The molecule has 0 N–H and O–H groups in total. The lowest BCUT2D eigenvalue weighted by Gasteiger charge is -2.11. The first kappa shape index (κ1) is 11.9. The molecule has 2 aliphatic rings. The van der Waals surface area contributed by atoms with Crippen LogP contribution in [0.4, 0.5) is 0 Å². The smallest absolute Gasteiger partial charge is 0.163 e.